The molecule has 0 bridgehead atoms. The van der Waals surface area contributed by atoms with Gasteiger partial charge in [0, 0.05) is 12.8 Å². The third-order valence-corrected chi connectivity index (χ3v) is 17.8. The van der Waals surface area contributed by atoms with Gasteiger partial charge in [-0.2, -0.15) is 0 Å². The van der Waals surface area contributed by atoms with E-state index >= 15 is 0 Å². The molecule has 0 fully saturated rings. The van der Waals surface area contributed by atoms with E-state index in [1.165, 1.54) is 295 Å². The van der Waals surface area contributed by atoms with Gasteiger partial charge >= 0.3 is 11.9 Å². The summed E-state index contributed by atoms with van der Waals surface area (Å²) < 4.78 is 34.4. The van der Waals surface area contributed by atoms with Gasteiger partial charge in [-0.15, -0.1) is 0 Å². The summed E-state index contributed by atoms with van der Waals surface area (Å²) in [5, 5.41) is 0. The minimum absolute atomic E-state index is 0.0285. The largest absolute Gasteiger partial charge is 0.756 e. The number of ether oxygens (including phenoxy) is 2. The minimum Gasteiger partial charge on any atom is -0.756 e. The first kappa shape index (κ1) is 84.0. The van der Waals surface area contributed by atoms with Gasteiger partial charge in [0.2, 0.25) is 0 Å². The van der Waals surface area contributed by atoms with Gasteiger partial charge in [-0.3, -0.25) is 14.2 Å². The molecule has 2 atom stereocenters. The van der Waals surface area contributed by atoms with E-state index in [-0.39, 0.29) is 32.0 Å². The first-order valence-electron chi connectivity index (χ1n) is 37.3. The van der Waals surface area contributed by atoms with Crippen molar-refractivity contribution >= 4 is 19.8 Å². The molecule has 86 heavy (non-hydrogen) atoms. The van der Waals surface area contributed by atoms with Crippen LogP contribution in [0.25, 0.3) is 0 Å². The zero-order valence-corrected chi connectivity index (χ0v) is 58.7. The molecule has 0 radical (unpaired) electrons. The molecule has 9 nitrogen and oxygen atoms in total. The molecule has 2 unspecified atom stereocenters. The normalized spacial score (nSPS) is 13.3. The summed E-state index contributed by atoms with van der Waals surface area (Å²) in [6.45, 7) is 4.29. The lowest BCUT2D eigenvalue weighted by Gasteiger charge is -2.28. The molecule has 0 aliphatic heterocycles. The number of nitrogens with zero attached hydrogens (tertiary/aromatic N) is 1. The van der Waals surface area contributed by atoms with Crippen LogP contribution in [0.1, 0.15) is 373 Å². The Labute approximate surface area is 534 Å². The Morgan fingerprint density at radius 1 is 0.360 bits per heavy atom. The molecule has 506 valence electrons. The number of likely N-dealkylation sites (N-methyl/N-ethyl adjacent to an activating group) is 1. The maximum atomic E-state index is 12.9. The van der Waals surface area contributed by atoms with Crippen LogP contribution < -0.4 is 4.89 Å². The van der Waals surface area contributed by atoms with E-state index < -0.39 is 26.5 Å². The molecule has 0 amide bonds. The van der Waals surface area contributed by atoms with Crippen molar-refractivity contribution in [2.24, 2.45) is 0 Å². The summed E-state index contributed by atoms with van der Waals surface area (Å²) in [7, 11) is 1.19. The zero-order chi connectivity index (χ0) is 62.6. The highest BCUT2D eigenvalue weighted by Crippen LogP contribution is 2.38. The smallest absolute Gasteiger partial charge is 0.306 e. The van der Waals surface area contributed by atoms with E-state index in [4.69, 9.17) is 18.5 Å². The first-order valence-corrected chi connectivity index (χ1v) is 38.8. The summed E-state index contributed by atoms with van der Waals surface area (Å²) in [6, 6.07) is 0. The topological polar surface area (TPSA) is 111 Å². The zero-order valence-electron chi connectivity index (χ0n) is 57.8. The van der Waals surface area contributed by atoms with Gasteiger partial charge in [-0.05, 0) is 77.0 Å². The molecular weight excluding hydrogens is 1090 g/mol. The van der Waals surface area contributed by atoms with Crippen LogP contribution in [-0.2, 0) is 32.7 Å². The molecule has 0 aliphatic rings. The third-order valence-electron chi connectivity index (χ3n) is 16.8. The van der Waals surface area contributed by atoms with Crippen molar-refractivity contribution < 1.29 is 42.1 Å². The summed E-state index contributed by atoms with van der Waals surface area (Å²) in [5.74, 6) is -0.812. The van der Waals surface area contributed by atoms with Crippen molar-refractivity contribution in [3.63, 3.8) is 0 Å². The number of quaternary nitrogens is 1. The lowest BCUT2D eigenvalue weighted by Crippen LogP contribution is -2.37. The quantitative estimate of drug-likeness (QED) is 0.0195. The fraction of sp³-hybridized carbons (Fsp3) is 0.868. The third kappa shape index (κ3) is 71.1. The molecule has 0 aliphatic carbocycles. The van der Waals surface area contributed by atoms with E-state index in [9.17, 15) is 19.0 Å². The molecule has 0 heterocycles. The van der Waals surface area contributed by atoms with Gasteiger partial charge in [-0.1, -0.05) is 332 Å². The van der Waals surface area contributed by atoms with Crippen molar-refractivity contribution in [3.8, 4) is 0 Å². The maximum Gasteiger partial charge on any atom is 0.306 e. The molecular formula is C76H144NO8P. The van der Waals surface area contributed by atoms with E-state index in [0.29, 0.717) is 17.4 Å². The Morgan fingerprint density at radius 3 is 0.919 bits per heavy atom. The SMILES string of the molecule is CCCCCCC/C=C\C/C=C\CCCCCCCCCCCCCCCCCCCCCC(=O)OCC(COP(=O)([O-])OCC[N+](C)(C)C)OC(=O)CCCCCCCCCCCCCCCCCCCCC/C=C\C/C=C\CCCCCCC. The number of hydrogen-bond donors (Lipinski definition) is 0. The lowest BCUT2D eigenvalue weighted by molar-refractivity contribution is -0.870. The molecule has 0 N–H and O–H groups in total. The van der Waals surface area contributed by atoms with Gasteiger partial charge < -0.3 is 27.9 Å². The number of phosphoric acid groups is 1. The van der Waals surface area contributed by atoms with E-state index in [2.05, 4.69) is 62.5 Å². The molecule has 0 aromatic carbocycles. The molecule has 10 heteroatoms. The van der Waals surface area contributed by atoms with Crippen molar-refractivity contribution in [2.75, 3.05) is 47.5 Å². The van der Waals surface area contributed by atoms with Crippen LogP contribution in [0.4, 0.5) is 0 Å². The van der Waals surface area contributed by atoms with Crippen molar-refractivity contribution in [3.05, 3.63) is 48.6 Å². The molecule has 0 rings (SSSR count). The molecule has 0 aromatic heterocycles. The summed E-state index contributed by atoms with van der Waals surface area (Å²) >= 11 is 0. The number of unbranched alkanes of at least 4 members (excludes halogenated alkanes) is 48. The number of carbonyl (C=O) groups excluding carboxylic acids is 2. The van der Waals surface area contributed by atoms with Crippen LogP contribution in [0.3, 0.4) is 0 Å². The summed E-state index contributed by atoms with van der Waals surface area (Å²) in [6.07, 6.45) is 87.8. The number of phosphoric ester groups is 1. The molecule has 0 spiro atoms. The Balaban J connectivity index is 3.97. The second kappa shape index (κ2) is 67.4. The molecule has 0 saturated heterocycles. The van der Waals surface area contributed by atoms with Gasteiger partial charge in [0.25, 0.3) is 7.82 Å². The first-order chi connectivity index (χ1) is 42.0. The van der Waals surface area contributed by atoms with Crippen LogP contribution in [0, 0.1) is 0 Å². The Bertz CT molecular complexity index is 1590. The standard InChI is InChI=1S/C76H144NO8P/c1-6-8-10-12-14-16-18-20-22-24-26-28-30-32-34-36-38-40-42-44-46-48-50-52-54-56-58-60-62-64-66-68-75(78)82-72-74(73-84-86(80,81)83-71-70-77(3,4)5)85-76(79)69-67-65-63-61-59-57-55-53-51-49-47-45-43-41-39-37-35-33-31-29-27-25-23-21-19-17-15-13-11-9-7-2/h18-21,24-27,74H,6-17,22-23,28-73H2,1-5H3/b20-18-,21-19-,26-24-,27-25-. The fourth-order valence-electron chi connectivity index (χ4n) is 11.1. The number of rotatable bonds is 70. The van der Waals surface area contributed by atoms with Crippen molar-refractivity contribution in [1.82, 2.24) is 0 Å². The Morgan fingerprint density at radius 2 is 0.628 bits per heavy atom. The number of hydrogen-bond acceptors (Lipinski definition) is 8. The van der Waals surface area contributed by atoms with E-state index in [1.807, 2.05) is 21.1 Å². The second-order valence-electron chi connectivity index (χ2n) is 26.7. The van der Waals surface area contributed by atoms with Crippen LogP contribution in [-0.4, -0.2) is 70.0 Å². The Hall–Kier alpha value is -2.03. The highest BCUT2D eigenvalue weighted by atomic mass is 31.2. The van der Waals surface area contributed by atoms with E-state index in [0.717, 1.165) is 44.9 Å². The predicted octanol–water partition coefficient (Wildman–Crippen LogP) is 23.8. The predicted molar refractivity (Wildman–Crippen MR) is 370 cm³/mol. The minimum atomic E-state index is -4.64. The second-order valence-corrected chi connectivity index (χ2v) is 28.1. The van der Waals surface area contributed by atoms with Crippen LogP contribution in [0.2, 0.25) is 0 Å². The van der Waals surface area contributed by atoms with Crippen molar-refractivity contribution in [2.45, 2.75) is 380 Å². The molecule has 0 aromatic rings. The van der Waals surface area contributed by atoms with Gasteiger partial charge in [-0.25, -0.2) is 0 Å². The van der Waals surface area contributed by atoms with Gasteiger partial charge in [0.15, 0.2) is 6.10 Å². The average Bonchev–Trinajstić information content (AvgIpc) is 3.64. The number of carbonyl (C=O) groups is 2. The fourth-order valence-corrected chi connectivity index (χ4v) is 11.8. The van der Waals surface area contributed by atoms with E-state index in [1.54, 1.807) is 0 Å². The lowest BCUT2D eigenvalue weighted by atomic mass is 10.0. The average molecular weight is 1230 g/mol. The Kier molecular flexibility index (Phi) is 65.8. The summed E-state index contributed by atoms with van der Waals surface area (Å²) in [5.41, 5.74) is 0. The molecule has 0 saturated carbocycles. The monoisotopic (exact) mass is 1230 g/mol. The van der Waals surface area contributed by atoms with Gasteiger partial charge in [0.05, 0.1) is 27.7 Å². The van der Waals surface area contributed by atoms with Crippen molar-refractivity contribution in [1.29, 1.82) is 0 Å². The van der Waals surface area contributed by atoms with Gasteiger partial charge in [0.1, 0.15) is 19.8 Å². The highest BCUT2D eigenvalue weighted by Gasteiger charge is 2.22. The summed E-state index contributed by atoms with van der Waals surface area (Å²) in [4.78, 5) is 38.1. The highest BCUT2D eigenvalue weighted by molar-refractivity contribution is 7.45. The van der Waals surface area contributed by atoms with Crippen LogP contribution in [0.15, 0.2) is 48.6 Å². The number of allylic oxidation sites excluding steroid dienone is 8. The number of esters is 2. The maximum absolute atomic E-state index is 12.9. The van der Waals surface area contributed by atoms with Crippen LogP contribution >= 0.6 is 7.82 Å². The van der Waals surface area contributed by atoms with Crippen LogP contribution in [0.5, 0.6) is 0 Å².